The first-order valence-electron chi connectivity index (χ1n) is 12.2. The summed E-state index contributed by atoms with van der Waals surface area (Å²) in [6.07, 6.45) is 2.22. The molecule has 2 saturated heterocycles. The van der Waals surface area contributed by atoms with Crippen molar-refractivity contribution in [2.75, 3.05) is 68.8 Å². The molecule has 5 nitrogen and oxygen atoms in total. The van der Waals surface area contributed by atoms with Gasteiger partial charge < -0.3 is 19.4 Å². The number of hydrogen-bond acceptors (Lipinski definition) is 5. The highest BCUT2D eigenvalue weighted by Crippen LogP contribution is 2.29. The maximum atomic E-state index is 5.48. The summed E-state index contributed by atoms with van der Waals surface area (Å²) in [5.41, 5.74) is 4.76. The van der Waals surface area contributed by atoms with Gasteiger partial charge in [0, 0.05) is 50.3 Å². The molecule has 172 valence electrons. The van der Waals surface area contributed by atoms with Gasteiger partial charge in [0.05, 0.1) is 18.9 Å². The van der Waals surface area contributed by atoms with Crippen molar-refractivity contribution < 1.29 is 4.74 Å². The normalized spacial score (nSPS) is 18.2. The highest BCUT2D eigenvalue weighted by atomic mass is 16.5. The third-order valence-corrected chi connectivity index (χ3v) is 6.92. The molecule has 2 aliphatic rings. The van der Waals surface area contributed by atoms with Crippen LogP contribution >= 0.6 is 0 Å². The first-order valence-corrected chi connectivity index (χ1v) is 12.2. The van der Waals surface area contributed by atoms with Crippen LogP contribution in [-0.4, -0.2) is 68.9 Å². The van der Waals surface area contributed by atoms with Crippen molar-refractivity contribution in [2.45, 2.75) is 13.8 Å². The number of likely N-dealkylation sites (N-methyl/N-ethyl adjacent to an activating group) is 1. The van der Waals surface area contributed by atoms with Crippen LogP contribution in [0.2, 0.25) is 0 Å². The number of hydrogen-bond donors (Lipinski definition) is 0. The minimum atomic E-state index is 0.810. The van der Waals surface area contributed by atoms with Crippen LogP contribution in [-0.2, 0) is 4.74 Å². The van der Waals surface area contributed by atoms with Gasteiger partial charge in [0.25, 0.3) is 0 Å². The molecule has 2 aromatic carbocycles. The van der Waals surface area contributed by atoms with Gasteiger partial charge in [-0.1, -0.05) is 43.3 Å². The second-order valence-electron chi connectivity index (χ2n) is 8.99. The fraction of sp³-hybridized carbons (Fsp3) is 0.393. The van der Waals surface area contributed by atoms with Gasteiger partial charge in [-0.3, -0.25) is 0 Å². The molecule has 33 heavy (non-hydrogen) atoms. The maximum absolute atomic E-state index is 5.48. The predicted molar refractivity (Wildman–Crippen MR) is 139 cm³/mol. The van der Waals surface area contributed by atoms with Gasteiger partial charge in [-0.2, -0.15) is 0 Å². The minimum absolute atomic E-state index is 0.810. The van der Waals surface area contributed by atoms with E-state index in [9.17, 15) is 0 Å². The number of nitrogens with zero attached hydrogens (tertiary/aromatic N) is 4. The van der Waals surface area contributed by atoms with E-state index in [2.05, 4.69) is 89.2 Å². The third kappa shape index (κ3) is 4.90. The lowest BCUT2D eigenvalue weighted by Crippen LogP contribution is -2.46. The standard InChI is InChI=1S/C28H34N4O/c1-3-30-12-14-32(15-13-30)28-27-7-5-4-6-24(27)21-25(29-28)20-22(2)23-8-10-26(11-9-23)31-16-18-33-19-17-31/h4-11,20-21H,3,12-19H2,1-2H3. The quantitative estimate of drug-likeness (QED) is 0.568. The second kappa shape index (κ2) is 9.94. The van der Waals surface area contributed by atoms with Crippen molar-refractivity contribution in [3.63, 3.8) is 0 Å². The summed E-state index contributed by atoms with van der Waals surface area (Å²) >= 11 is 0. The third-order valence-electron chi connectivity index (χ3n) is 6.92. The molecule has 2 aliphatic heterocycles. The molecule has 0 radical (unpaired) electrons. The van der Waals surface area contributed by atoms with Crippen LogP contribution in [0.1, 0.15) is 25.1 Å². The summed E-state index contributed by atoms with van der Waals surface area (Å²) in [6.45, 7) is 13.3. The Bertz CT molecular complexity index is 1110. The smallest absolute Gasteiger partial charge is 0.137 e. The van der Waals surface area contributed by atoms with Crippen LogP contribution in [0.3, 0.4) is 0 Å². The Labute approximate surface area is 197 Å². The van der Waals surface area contributed by atoms with E-state index in [4.69, 9.17) is 9.72 Å². The van der Waals surface area contributed by atoms with Gasteiger partial charge in [0.15, 0.2) is 0 Å². The van der Waals surface area contributed by atoms with Crippen molar-refractivity contribution in [2.24, 2.45) is 0 Å². The van der Waals surface area contributed by atoms with E-state index in [0.717, 1.165) is 70.5 Å². The average molecular weight is 443 g/mol. The molecule has 3 heterocycles. The van der Waals surface area contributed by atoms with Crippen LogP contribution in [0, 0.1) is 0 Å². The Morgan fingerprint density at radius 2 is 1.64 bits per heavy atom. The van der Waals surface area contributed by atoms with E-state index in [1.807, 2.05) is 0 Å². The van der Waals surface area contributed by atoms with Crippen molar-refractivity contribution >= 4 is 33.9 Å². The summed E-state index contributed by atoms with van der Waals surface area (Å²) in [6, 6.07) is 19.8. The Kier molecular flexibility index (Phi) is 6.60. The van der Waals surface area contributed by atoms with Gasteiger partial charge >= 0.3 is 0 Å². The first kappa shape index (κ1) is 21.9. The number of pyridine rings is 1. The van der Waals surface area contributed by atoms with Crippen LogP contribution in [0.15, 0.2) is 54.6 Å². The van der Waals surface area contributed by atoms with E-state index < -0.39 is 0 Å². The molecule has 0 aliphatic carbocycles. The average Bonchev–Trinajstić information content (AvgIpc) is 2.89. The molecule has 0 bridgehead atoms. The van der Waals surface area contributed by atoms with Crippen molar-refractivity contribution in [3.8, 4) is 0 Å². The molecule has 0 atom stereocenters. The lowest BCUT2D eigenvalue weighted by Gasteiger charge is -2.35. The molecule has 0 N–H and O–H groups in total. The molecule has 0 unspecified atom stereocenters. The van der Waals surface area contributed by atoms with Crippen LogP contribution in [0.25, 0.3) is 22.4 Å². The predicted octanol–water partition coefficient (Wildman–Crippen LogP) is 4.77. The molecular weight excluding hydrogens is 408 g/mol. The van der Waals surface area contributed by atoms with E-state index >= 15 is 0 Å². The Hall–Kier alpha value is -2.89. The fourth-order valence-electron chi connectivity index (χ4n) is 4.85. The molecular formula is C28H34N4O. The van der Waals surface area contributed by atoms with E-state index in [1.54, 1.807) is 0 Å². The van der Waals surface area contributed by atoms with Gasteiger partial charge in [0.1, 0.15) is 5.82 Å². The van der Waals surface area contributed by atoms with E-state index in [0.29, 0.717) is 0 Å². The fourth-order valence-corrected chi connectivity index (χ4v) is 4.85. The minimum Gasteiger partial charge on any atom is -0.378 e. The monoisotopic (exact) mass is 442 g/mol. The number of allylic oxidation sites excluding steroid dienone is 1. The summed E-state index contributed by atoms with van der Waals surface area (Å²) in [4.78, 5) is 12.5. The van der Waals surface area contributed by atoms with Gasteiger partial charge in [-0.15, -0.1) is 0 Å². The number of ether oxygens (including phenoxy) is 1. The van der Waals surface area contributed by atoms with Gasteiger partial charge in [-0.25, -0.2) is 4.98 Å². The number of benzene rings is 2. The van der Waals surface area contributed by atoms with Crippen LogP contribution in [0.4, 0.5) is 11.5 Å². The topological polar surface area (TPSA) is 31.8 Å². The SMILES string of the molecule is CCN1CCN(c2nc(C=C(C)c3ccc(N4CCOCC4)cc3)cc3ccccc23)CC1. The summed E-state index contributed by atoms with van der Waals surface area (Å²) in [5, 5.41) is 2.49. The number of fused-ring (bicyclic) bond motifs is 1. The number of anilines is 2. The van der Waals surface area contributed by atoms with Crippen molar-refractivity contribution in [1.82, 2.24) is 9.88 Å². The molecule has 5 rings (SSSR count). The lowest BCUT2D eigenvalue weighted by molar-refractivity contribution is 0.122. The van der Waals surface area contributed by atoms with E-state index in [1.165, 1.54) is 27.6 Å². The summed E-state index contributed by atoms with van der Waals surface area (Å²) in [5.74, 6) is 1.12. The second-order valence-corrected chi connectivity index (χ2v) is 8.99. The van der Waals surface area contributed by atoms with Crippen LogP contribution < -0.4 is 9.80 Å². The van der Waals surface area contributed by atoms with Gasteiger partial charge in [0.2, 0.25) is 0 Å². The Balaban J connectivity index is 1.42. The molecule has 0 saturated carbocycles. The van der Waals surface area contributed by atoms with Gasteiger partial charge in [-0.05, 0) is 54.3 Å². The maximum Gasteiger partial charge on any atom is 0.137 e. The molecule has 0 amide bonds. The highest BCUT2D eigenvalue weighted by molar-refractivity contribution is 5.94. The first-order chi connectivity index (χ1) is 16.2. The largest absolute Gasteiger partial charge is 0.378 e. The summed E-state index contributed by atoms with van der Waals surface area (Å²) < 4.78 is 5.48. The lowest BCUT2D eigenvalue weighted by atomic mass is 10.0. The number of aromatic nitrogens is 1. The van der Waals surface area contributed by atoms with Crippen molar-refractivity contribution in [3.05, 3.63) is 65.9 Å². The molecule has 0 spiro atoms. The Morgan fingerprint density at radius 1 is 0.909 bits per heavy atom. The zero-order chi connectivity index (χ0) is 22.6. The van der Waals surface area contributed by atoms with Crippen molar-refractivity contribution in [1.29, 1.82) is 0 Å². The zero-order valence-corrected chi connectivity index (χ0v) is 19.8. The van der Waals surface area contributed by atoms with Crippen LogP contribution in [0.5, 0.6) is 0 Å². The number of morpholine rings is 1. The molecule has 3 aromatic rings. The molecule has 5 heteroatoms. The molecule has 2 fully saturated rings. The van der Waals surface area contributed by atoms with E-state index in [-0.39, 0.29) is 0 Å². The summed E-state index contributed by atoms with van der Waals surface area (Å²) in [7, 11) is 0. The zero-order valence-electron chi connectivity index (χ0n) is 19.8. The number of rotatable bonds is 5. The highest BCUT2D eigenvalue weighted by Gasteiger charge is 2.19. The number of piperazine rings is 1. The molecule has 1 aromatic heterocycles. The Morgan fingerprint density at radius 3 is 2.36 bits per heavy atom.